The Balaban J connectivity index is 4.42. The standard InChI is InChI=1S/C13H42O8Si7/c1-22-18-24(14)10-8-12-26(4,5)20-28(16,17)21-27(6,7)13-9-11-25(15)19-23(2)3/h14-17,23-25H,8-13,22H2,1-7H3. The fourth-order valence-corrected chi connectivity index (χ4v) is 19.3. The van der Waals surface area contributed by atoms with Crippen molar-refractivity contribution in [3.05, 3.63) is 0 Å². The van der Waals surface area contributed by atoms with Gasteiger partial charge in [-0.05, 0) is 63.5 Å². The maximum Gasteiger partial charge on any atom is 0.652 e. The summed E-state index contributed by atoms with van der Waals surface area (Å²) in [5.74, 6) is 0. The third-order valence-electron chi connectivity index (χ3n) is 4.07. The van der Waals surface area contributed by atoms with Crippen LogP contribution in [0.2, 0.25) is 70.0 Å². The van der Waals surface area contributed by atoms with E-state index >= 15 is 0 Å². The van der Waals surface area contributed by atoms with E-state index < -0.39 is 63.1 Å². The van der Waals surface area contributed by atoms with Crippen LogP contribution in [0.4, 0.5) is 0 Å². The summed E-state index contributed by atoms with van der Waals surface area (Å²) in [6.45, 7) is 13.9. The number of hydrogen-bond acceptors (Lipinski definition) is 8. The highest BCUT2D eigenvalue weighted by Gasteiger charge is 2.47. The van der Waals surface area contributed by atoms with E-state index in [4.69, 9.17) is 16.5 Å². The molecule has 170 valence electrons. The van der Waals surface area contributed by atoms with Crippen molar-refractivity contribution in [3.8, 4) is 0 Å². The van der Waals surface area contributed by atoms with Gasteiger partial charge >= 0.3 is 27.6 Å². The molecular formula is C13H42O8Si7. The second kappa shape index (κ2) is 13.6. The van der Waals surface area contributed by atoms with Gasteiger partial charge in [0.05, 0.1) is 0 Å². The molecule has 4 N–H and O–H groups in total. The van der Waals surface area contributed by atoms with Crippen molar-refractivity contribution >= 4 is 63.1 Å². The second-order valence-corrected chi connectivity index (χ2v) is 27.4. The molecule has 0 fully saturated rings. The molecule has 0 spiro atoms. The molecule has 8 nitrogen and oxygen atoms in total. The van der Waals surface area contributed by atoms with E-state index in [0.29, 0.717) is 12.1 Å². The van der Waals surface area contributed by atoms with Crippen molar-refractivity contribution in [2.45, 2.75) is 82.8 Å². The van der Waals surface area contributed by atoms with E-state index in [9.17, 15) is 19.2 Å². The minimum Gasteiger partial charge on any atom is -0.444 e. The summed E-state index contributed by atoms with van der Waals surface area (Å²) < 4.78 is 22.4. The highest BCUT2D eigenvalue weighted by Crippen LogP contribution is 2.24. The van der Waals surface area contributed by atoms with Gasteiger partial charge < -0.3 is 35.6 Å². The predicted molar refractivity (Wildman–Crippen MR) is 130 cm³/mol. The van der Waals surface area contributed by atoms with Crippen LogP contribution in [0.5, 0.6) is 0 Å². The van der Waals surface area contributed by atoms with Crippen LogP contribution in [0.15, 0.2) is 0 Å². The van der Waals surface area contributed by atoms with Crippen molar-refractivity contribution in [3.63, 3.8) is 0 Å². The number of rotatable bonds is 16. The molecule has 0 bridgehead atoms. The molecule has 0 aliphatic carbocycles. The van der Waals surface area contributed by atoms with Crippen LogP contribution in [0, 0.1) is 0 Å². The minimum absolute atomic E-state index is 0.577. The smallest absolute Gasteiger partial charge is 0.444 e. The SMILES string of the molecule is C[SiH2]O[SiH](O)CCC[Si](C)(C)O[Si](O)(O)O[Si](C)(C)CCC[SiH](O)O[SiH](C)C. The lowest BCUT2D eigenvalue weighted by molar-refractivity contribution is 0.131. The highest BCUT2D eigenvalue weighted by atomic mass is 28.5. The Morgan fingerprint density at radius 1 is 0.821 bits per heavy atom. The molecule has 0 saturated heterocycles. The van der Waals surface area contributed by atoms with Gasteiger partial charge in [0.15, 0.2) is 25.7 Å². The largest absolute Gasteiger partial charge is 0.652 e. The molecule has 0 saturated carbocycles. The fourth-order valence-electron chi connectivity index (χ4n) is 2.91. The van der Waals surface area contributed by atoms with Crippen LogP contribution in [0.25, 0.3) is 0 Å². The summed E-state index contributed by atoms with van der Waals surface area (Å²) >= 11 is 0. The van der Waals surface area contributed by atoms with Crippen LogP contribution in [0.1, 0.15) is 12.8 Å². The zero-order valence-electron chi connectivity index (χ0n) is 18.6. The molecule has 0 aromatic carbocycles. The lowest BCUT2D eigenvalue weighted by Crippen LogP contribution is -2.56. The lowest BCUT2D eigenvalue weighted by Gasteiger charge is -2.34. The van der Waals surface area contributed by atoms with Gasteiger partial charge in [0.2, 0.25) is 0 Å². The Kier molecular flexibility index (Phi) is 14.2. The van der Waals surface area contributed by atoms with Crippen LogP contribution in [0.3, 0.4) is 0 Å². The first kappa shape index (κ1) is 29.2. The van der Waals surface area contributed by atoms with Crippen molar-refractivity contribution in [1.29, 1.82) is 0 Å². The normalized spacial score (nSPS) is 16.3. The maximum atomic E-state index is 10.4. The summed E-state index contributed by atoms with van der Waals surface area (Å²) in [4.78, 5) is 40.6. The molecule has 0 heterocycles. The van der Waals surface area contributed by atoms with Gasteiger partial charge in [-0.15, -0.1) is 0 Å². The van der Waals surface area contributed by atoms with Gasteiger partial charge in [-0.25, -0.2) is 0 Å². The van der Waals surface area contributed by atoms with Crippen LogP contribution < -0.4 is 0 Å². The quantitative estimate of drug-likeness (QED) is 0.212. The van der Waals surface area contributed by atoms with Gasteiger partial charge in [-0.1, -0.05) is 19.4 Å². The summed E-state index contributed by atoms with van der Waals surface area (Å²) in [7, 11) is -14.8. The van der Waals surface area contributed by atoms with Crippen molar-refractivity contribution in [2.24, 2.45) is 0 Å². The van der Waals surface area contributed by atoms with Gasteiger partial charge in [0.1, 0.15) is 9.76 Å². The molecular weight excluding hydrogens is 481 g/mol. The summed E-state index contributed by atoms with van der Waals surface area (Å²) in [5.41, 5.74) is 0. The monoisotopic (exact) mass is 522 g/mol. The molecule has 0 radical (unpaired) electrons. The van der Waals surface area contributed by atoms with Gasteiger partial charge in [-0.2, -0.15) is 0 Å². The first-order valence-corrected chi connectivity index (χ1v) is 26.5. The Bertz CT molecular complexity index is 428. The van der Waals surface area contributed by atoms with E-state index in [1.165, 1.54) is 0 Å². The van der Waals surface area contributed by atoms with E-state index in [0.717, 1.165) is 24.9 Å². The molecule has 0 amide bonds. The lowest BCUT2D eigenvalue weighted by atomic mass is 10.6. The summed E-state index contributed by atoms with van der Waals surface area (Å²) in [6, 6.07) is 2.77. The van der Waals surface area contributed by atoms with Crippen LogP contribution in [-0.2, 0) is 16.5 Å². The Morgan fingerprint density at radius 2 is 1.25 bits per heavy atom. The maximum absolute atomic E-state index is 10.4. The summed E-state index contributed by atoms with van der Waals surface area (Å²) in [6.07, 6.45) is 1.54. The van der Waals surface area contributed by atoms with Gasteiger partial charge in [0.25, 0.3) is 0 Å². The summed E-state index contributed by atoms with van der Waals surface area (Å²) in [5, 5.41) is 0. The fraction of sp³-hybridized carbons (Fsp3) is 1.00. The predicted octanol–water partition coefficient (Wildman–Crippen LogP) is 0.204. The highest BCUT2D eigenvalue weighted by molar-refractivity contribution is 6.83. The van der Waals surface area contributed by atoms with Crippen molar-refractivity contribution in [2.75, 3.05) is 0 Å². The van der Waals surface area contributed by atoms with E-state index in [2.05, 4.69) is 0 Å². The Labute approximate surface area is 181 Å². The van der Waals surface area contributed by atoms with Crippen LogP contribution >= 0.6 is 0 Å². The van der Waals surface area contributed by atoms with Crippen molar-refractivity contribution in [1.82, 2.24) is 0 Å². The average molecular weight is 523 g/mol. The topological polar surface area (TPSA) is 118 Å². The zero-order valence-corrected chi connectivity index (χ0v) is 26.5. The molecule has 28 heavy (non-hydrogen) atoms. The molecule has 0 aromatic heterocycles. The van der Waals surface area contributed by atoms with E-state index in [1.807, 2.05) is 45.8 Å². The Hall–Kier alpha value is 1.20. The zero-order chi connectivity index (χ0) is 22.0. The molecule has 0 aliphatic rings. The molecule has 0 rings (SSSR count). The van der Waals surface area contributed by atoms with Gasteiger partial charge in [0, 0.05) is 0 Å². The third-order valence-corrected chi connectivity index (χ3v) is 21.8. The van der Waals surface area contributed by atoms with Crippen LogP contribution in [-0.4, -0.2) is 82.2 Å². The molecule has 2 unspecified atom stereocenters. The Morgan fingerprint density at radius 3 is 1.64 bits per heavy atom. The second-order valence-electron chi connectivity index (χ2n) is 8.61. The minimum atomic E-state index is -4.20. The molecule has 2 atom stereocenters. The average Bonchev–Trinajstić information content (AvgIpc) is 2.43. The van der Waals surface area contributed by atoms with Crippen molar-refractivity contribution < 1.29 is 35.6 Å². The third kappa shape index (κ3) is 16.0. The molecule has 0 aliphatic heterocycles. The number of hydrogen-bond donors (Lipinski definition) is 4. The van der Waals surface area contributed by atoms with E-state index in [-0.39, 0.29) is 0 Å². The first-order valence-electron chi connectivity index (χ1n) is 10.2. The first-order chi connectivity index (χ1) is 12.7. The van der Waals surface area contributed by atoms with Gasteiger partial charge in [-0.3, -0.25) is 0 Å². The molecule has 15 heteroatoms. The van der Waals surface area contributed by atoms with E-state index in [1.54, 1.807) is 0 Å². The molecule has 0 aromatic rings.